The van der Waals surface area contributed by atoms with Crippen LogP contribution in [0.15, 0.2) is 84.0 Å². The zero-order chi connectivity index (χ0) is 16.6. The zero-order valence-electron chi connectivity index (χ0n) is 13.6. The first-order valence-corrected chi connectivity index (χ1v) is 7.79. The first kappa shape index (κ1) is 15.8. The van der Waals surface area contributed by atoms with E-state index >= 15 is 0 Å². The van der Waals surface area contributed by atoms with E-state index in [0.29, 0.717) is 6.61 Å². The van der Waals surface area contributed by atoms with Crippen molar-refractivity contribution in [3.8, 4) is 16.9 Å². The van der Waals surface area contributed by atoms with Crippen molar-refractivity contribution in [3.63, 3.8) is 0 Å². The predicted octanol–water partition coefficient (Wildman–Crippen LogP) is 4.91. The van der Waals surface area contributed by atoms with Crippen molar-refractivity contribution in [1.29, 1.82) is 0 Å². The van der Waals surface area contributed by atoms with Crippen LogP contribution in [0.5, 0.6) is 5.75 Å². The Kier molecular flexibility index (Phi) is 5.25. The van der Waals surface area contributed by atoms with E-state index in [2.05, 4.69) is 29.4 Å². The molecule has 0 aromatic heterocycles. The normalized spacial score (nSPS) is 10.7. The van der Waals surface area contributed by atoms with Gasteiger partial charge < -0.3 is 9.57 Å². The quantitative estimate of drug-likeness (QED) is 0.477. The summed E-state index contributed by atoms with van der Waals surface area (Å²) in [7, 11) is 1.64. The van der Waals surface area contributed by atoms with Crippen LogP contribution in [0.1, 0.15) is 11.1 Å². The maximum Gasteiger partial charge on any atom is 0.142 e. The molecule has 3 heteroatoms. The van der Waals surface area contributed by atoms with Gasteiger partial charge in [-0.1, -0.05) is 65.8 Å². The number of hydrogen-bond donors (Lipinski definition) is 0. The standard InChI is InChI=1S/C21H19NO2/c1-23-21-13-6-5-11-20(21)15-22-24-16-17-8-7-12-19(14-17)18-9-3-2-4-10-18/h2-15H,16H2,1H3. The maximum atomic E-state index is 5.43. The molecule has 24 heavy (non-hydrogen) atoms. The number of benzene rings is 3. The van der Waals surface area contributed by atoms with Crippen molar-refractivity contribution in [2.45, 2.75) is 6.61 Å². The van der Waals surface area contributed by atoms with Gasteiger partial charge in [-0.25, -0.2) is 0 Å². The van der Waals surface area contributed by atoms with Gasteiger partial charge in [0, 0.05) is 5.56 Å². The second-order valence-electron chi connectivity index (χ2n) is 5.32. The average molecular weight is 317 g/mol. The zero-order valence-corrected chi connectivity index (χ0v) is 13.6. The largest absolute Gasteiger partial charge is 0.496 e. The molecule has 0 aliphatic carbocycles. The molecule has 3 aromatic carbocycles. The molecule has 0 N–H and O–H groups in total. The number of methoxy groups -OCH3 is 1. The molecular formula is C21H19NO2. The number of hydrogen-bond acceptors (Lipinski definition) is 3. The van der Waals surface area contributed by atoms with Gasteiger partial charge in [0.1, 0.15) is 12.4 Å². The van der Waals surface area contributed by atoms with Crippen molar-refractivity contribution in [3.05, 3.63) is 90.0 Å². The molecule has 0 saturated heterocycles. The van der Waals surface area contributed by atoms with Crippen molar-refractivity contribution in [2.75, 3.05) is 7.11 Å². The second-order valence-corrected chi connectivity index (χ2v) is 5.32. The number of nitrogens with zero attached hydrogens (tertiary/aromatic N) is 1. The van der Waals surface area contributed by atoms with Crippen LogP contribution < -0.4 is 4.74 Å². The Labute approximate surface area is 142 Å². The highest BCUT2D eigenvalue weighted by atomic mass is 16.6. The van der Waals surface area contributed by atoms with Crippen molar-refractivity contribution in [1.82, 2.24) is 0 Å². The Morgan fingerprint density at radius 3 is 2.42 bits per heavy atom. The van der Waals surface area contributed by atoms with Gasteiger partial charge in [-0.3, -0.25) is 0 Å². The number of para-hydroxylation sites is 1. The SMILES string of the molecule is COc1ccccc1C=NOCc1cccc(-c2ccccc2)c1. The lowest BCUT2D eigenvalue weighted by molar-refractivity contribution is 0.132. The summed E-state index contributed by atoms with van der Waals surface area (Å²) in [5.74, 6) is 0.774. The van der Waals surface area contributed by atoms with Crippen molar-refractivity contribution in [2.24, 2.45) is 5.16 Å². The van der Waals surface area contributed by atoms with Gasteiger partial charge in [-0.2, -0.15) is 0 Å². The summed E-state index contributed by atoms with van der Waals surface area (Å²) < 4.78 is 5.28. The molecule has 0 heterocycles. The third-order valence-electron chi connectivity index (χ3n) is 3.67. The van der Waals surface area contributed by atoms with Gasteiger partial charge in [0.25, 0.3) is 0 Å². The average Bonchev–Trinajstić information content (AvgIpc) is 2.66. The highest BCUT2D eigenvalue weighted by Crippen LogP contribution is 2.20. The molecule has 0 aliphatic heterocycles. The minimum Gasteiger partial charge on any atom is -0.496 e. The van der Waals surface area contributed by atoms with Crippen LogP contribution in [0.4, 0.5) is 0 Å². The molecule has 0 atom stereocenters. The lowest BCUT2D eigenvalue weighted by atomic mass is 10.0. The fraction of sp³-hybridized carbons (Fsp3) is 0.0952. The number of oxime groups is 1. The maximum absolute atomic E-state index is 5.43. The Hall–Kier alpha value is -3.07. The van der Waals surface area contributed by atoms with Gasteiger partial charge in [0.2, 0.25) is 0 Å². The van der Waals surface area contributed by atoms with E-state index in [9.17, 15) is 0 Å². The van der Waals surface area contributed by atoms with Crippen LogP contribution in [0.3, 0.4) is 0 Å². The Balaban J connectivity index is 1.64. The summed E-state index contributed by atoms with van der Waals surface area (Å²) in [6.45, 7) is 0.423. The summed E-state index contributed by atoms with van der Waals surface area (Å²) in [5, 5.41) is 4.04. The van der Waals surface area contributed by atoms with Crippen LogP contribution in [0, 0.1) is 0 Å². The van der Waals surface area contributed by atoms with Gasteiger partial charge >= 0.3 is 0 Å². The molecule has 3 nitrogen and oxygen atoms in total. The van der Waals surface area contributed by atoms with Crippen LogP contribution in [-0.2, 0) is 11.4 Å². The second kappa shape index (κ2) is 7.97. The lowest BCUT2D eigenvalue weighted by Gasteiger charge is -2.05. The molecule has 3 rings (SSSR count). The van der Waals surface area contributed by atoms with Gasteiger partial charge in [-0.05, 0) is 34.9 Å². The first-order chi connectivity index (χ1) is 11.9. The predicted molar refractivity (Wildman–Crippen MR) is 97.3 cm³/mol. The Morgan fingerprint density at radius 1 is 0.833 bits per heavy atom. The minimum atomic E-state index is 0.423. The Morgan fingerprint density at radius 2 is 1.58 bits per heavy atom. The smallest absolute Gasteiger partial charge is 0.142 e. The molecule has 0 unspecified atom stereocenters. The van der Waals surface area contributed by atoms with E-state index < -0.39 is 0 Å². The van der Waals surface area contributed by atoms with E-state index in [-0.39, 0.29) is 0 Å². The molecular weight excluding hydrogens is 298 g/mol. The third-order valence-corrected chi connectivity index (χ3v) is 3.67. The molecule has 0 fully saturated rings. The molecule has 120 valence electrons. The summed E-state index contributed by atoms with van der Waals surface area (Å²) in [6, 6.07) is 26.3. The molecule has 0 spiro atoms. The Bertz CT molecular complexity index is 813. The topological polar surface area (TPSA) is 30.8 Å². The summed E-state index contributed by atoms with van der Waals surface area (Å²) in [4.78, 5) is 5.43. The molecule has 0 aliphatic rings. The molecule has 3 aromatic rings. The van der Waals surface area contributed by atoms with Gasteiger partial charge in [0.15, 0.2) is 0 Å². The lowest BCUT2D eigenvalue weighted by Crippen LogP contribution is -1.92. The molecule has 0 amide bonds. The summed E-state index contributed by atoms with van der Waals surface area (Å²) in [6.07, 6.45) is 1.67. The van der Waals surface area contributed by atoms with Crippen molar-refractivity contribution >= 4 is 6.21 Å². The van der Waals surface area contributed by atoms with Crippen LogP contribution in [0.25, 0.3) is 11.1 Å². The van der Waals surface area contributed by atoms with Crippen LogP contribution in [-0.4, -0.2) is 13.3 Å². The van der Waals surface area contributed by atoms with E-state index in [1.54, 1.807) is 13.3 Å². The fourth-order valence-corrected chi connectivity index (χ4v) is 2.45. The third kappa shape index (κ3) is 4.02. The summed E-state index contributed by atoms with van der Waals surface area (Å²) in [5.41, 5.74) is 4.33. The fourth-order valence-electron chi connectivity index (χ4n) is 2.45. The van der Waals surface area contributed by atoms with Crippen molar-refractivity contribution < 1.29 is 9.57 Å². The molecule has 0 saturated carbocycles. The summed E-state index contributed by atoms with van der Waals surface area (Å²) >= 11 is 0. The van der Waals surface area contributed by atoms with E-state index in [1.807, 2.05) is 54.6 Å². The molecule has 0 bridgehead atoms. The number of ether oxygens (including phenoxy) is 1. The number of rotatable bonds is 6. The molecule has 0 radical (unpaired) electrons. The van der Waals surface area contributed by atoms with Crippen LogP contribution in [0.2, 0.25) is 0 Å². The van der Waals surface area contributed by atoms with E-state index in [4.69, 9.17) is 9.57 Å². The highest BCUT2D eigenvalue weighted by Gasteiger charge is 2.00. The van der Waals surface area contributed by atoms with E-state index in [1.165, 1.54) is 11.1 Å². The van der Waals surface area contributed by atoms with Gasteiger partial charge in [-0.15, -0.1) is 0 Å². The monoisotopic (exact) mass is 317 g/mol. The minimum absolute atomic E-state index is 0.423. The van der Waals surface area contributed by atoms with E-state index in [0.717, 1.165) is 16.9 Å². The van der Waals surface area contributed by atoms with Gasteiger partial charge in [0.05, 0.1) is 13.3 Å². The van der Waals surface area contributed by atoms with Crippen LogP contribution >= 0.6 is 0 Å². The first-order valence-electron chi connectivity index (χ1n) is 7.79. The highest BCUT2D eigenvalue weighted by molar-refractivity contribution is 5.83.